The van der Waals surface area contributed by atoms with E-state index >= 15 is 0 Å². The molecule has 2 rings (SSSR count). The Labute approximate surface area is 86.8 Å². The number of hydrazone groups is 1. The summed E-state index contributed by atoms with van der Waals surface area (Å²) in [5.41, 5.74) is 0. The molecule has 0 N–H and O–H groups in total. The van der Waals surface area contributed by atoms with Crippen LogP contribution in [0.5, 0.6) is 0 Å². The molecule has 0 aliphatic carbocycles. The zero-order chi connectivity index (χ0) is 10.9. The van der Waals surface area contributed by atoms with E-state index in [1.54, 1.807) is 13.3 Å². The molecule has 2 unspecified atom stereocenters. The second-order valence-electron chi connectivity index (χ2n) is 3.82. The number of hydrogen-bond acceptors (Lipinski definition) is 4. The van der Waals surface area contributed by atoms with Gasteiger partial charge < -0.3 is 9.47 Å². The first-order chi connectivity index (χ1) is 7.12. The molecule has 6 heteroatoms. The van der Waals surface area contributed by atoms with Crippen LogP contribution in [-0.2, 0) is 9.47 Å². The summed E-state index contributed by atoms with van der Waals surface area (Å²) in [7, 11) is 1.57. The number of fused-ring (bicyclic) bond motifs is 1. The molecule has 0 spiro atoms. The van der Waals surface area contributed by atoms with Crippen LogP contribution in [0.2, 0.25) is 0 Å². The highest BCUT2D eigenvalue weighted by Crippen LogP contribution is 2.36. The number of methoxy groups -OCH3 is 1. The van der Waals surface area contributed by atoms with Gasteiger partial charge >= 0.3 is 0 Å². The van der Waals surface area contributed by atoms with E-state index in [0.29, 0.717) is 13.2 Å². The van der Waals surface area contributed by atoms with Crippen molar-refractivity contribution >= 4 is 6.21 Å². The highest BCUT2D eigenvalue weighted by molar-refractivity contribution is 5.66. The maximum absolute atomic E-state index is 13.0. The molecule has 0 amide bonds. The number of ether oxygens (including phenoxy) is 2. The molecule has 2 atom stereocenters. The Balaban J connectivity index is 1.86. The summed E-state index contributed by atoms with van der Waals surface area (Å²) in [6, 6.07) is -0.308. The van der Waals surface area contributed by atoms with E-state index in [2.05, 4.69) is 5.10 Å². The van der Waals surface area contributed by atoms with Crippen molar-refractivity contribution in [1.82, 2.24) is 5.01 Å². The summed E-state index contributed by atoms with van der Waals surface area (Å²) in [5.74, 6) is -2.63. The Kier molecular flexibility index (Phi) is 2.88. The molecule has 0 saturated carbocycles. The number of alkyl halides is 2. The molecule has 2 heterocycles. The van der Waals surface area contributed by atoms with Crippen LogP contribution in [0.1, 0.15) is 6.42 Å². The van der Waals surface area contributed by atoms with E-state index in [-0.39, 0.29) is 25.1 Å². The third-order valence-corrected chi connectivity index (χ3v) is 2.62. The summed E-state index contributed by atoms with van der Waals surface area (Å²) in [5, 5.41) is 5.33. The van der Waals surface area contributed by atoms with Crippen LogP contribution < -0.4 is 0 Å². The molecule has 0 aromatic rings. The zero-order valence-corrected chi connectivity index (χ0v) is 8.53. The van der Waals surface area contributed by atoms with Gasteiger partial charge in [0, 0.05) is 13.5 Å². The van der Waals surface area contributed by atoms with Crippen LogP contribution in [0.4, 0.5) is 8.78 Å². The molecule has 2 aliphatic rings. The van der Waals surface area contributed by atoms with Crippen molar-refractivity contribution in [1.29, 1.82) is 0 Å². The van der Waals surface area contributed by atoms with Crippen molar-refractivity contribution in [2.24, 2.45) is 5.10 Å². The van der Waals surface area contributed by atoms with Crippen LogP contribution in [0.3, 0.4) is 0 Å². The monoisotopic (exact) mass is 220 g/mol. The van der Waals surface area contributed by atoms with Crippen molar-refractivity contribution in [3.63, 3.8) is 0 Å². The summed E-state index contributed by atoms with van der Waals surface area (Å²) < 4.78 is 36.3. The Hall–Kier alpha value is -0.750. The fourth-order valence-electron chi connectivity index (χ4n) is 1.91. The van der Waals surface area contributed by atoms with Crippen LogP contribution in [0, 0.1) is 0 Å². The summed E-state index contributed by atoms with van der Waals surface area (Å²) in [6.07, 6.45) is 1.09. The highest BCUT2D eigenvalue weighted by atomic mass is 19.3. The van der Waals surface area contributed by atoms with Gasteiger partial charge in [-0.25, -0.2) is 8.78 Å². The van der Waals surface area contributed by atoms with E-state index in [0.717, 1.165) is 0 Å². The molecule has 0 bridgehead atoms. The van der Waals surface area contributed by atoms with Crippen molar-refractivity contribution in [3.05, 3.63) is 0 Å². The van der Waals surface area contributed by atoms with Gasteiger partial charge in [0.05, 0.1) is 25.5 Å². The predicted molar refractivity (Wildman–Crippen MR) is 50.2 cm³/mol. The van der Waals surface area contributed by atoms with Gasteiger partial charge in [-0.15, -0.1) is 0 Å². The Morgan fingerprint density at radius 2 is 2.33 bits per heavy atom. The second-order valence-corrected chi connectivity index (χ2v) is 3.82. The molecule has 1 fully saturated rings. The molecule has 4 nitrogen and oxygen atoms in total. The van der Waals surface area contributed by atoms with Crippen LogP contribution in [0.25, 0.3) is 0 Å². The van der Waals surface area contributed by atoms with E-state index in [9.17, 15) is 8.78 Å². The zero-order valence-electron chi connectivity index (χ0n) is 8.53. The number of halogens is 2. The molecule has 0 radical (unpaired) electrons. The van der Waals surface area contributed by atoms with Crippen molar-refractivity contribution < 1.29 is 18.3 Å². The molecule has 1 saturated heterocycles. The molecule has 86 valence electrons. The summed E-state index contributed by atoms with van der Waals surface area (Å²) >= 11 is 0. The van der Waals surface area contributed by atoms with Gasteiger partial charge in [0.1, 0.15) is 12.6 Å². The topological polar surface area (TPSA) is 34.1 Å². The lowest BCUT2D eigenvalue weighted by Crippen LogP contribution is -2.33. The molecule has 0 aromatic heterocycles. The number of nitrogens with zero attached hydrogens (tertiary/aromatic N) is 2. The third-order valence-electron chi connectivity index (χ3n) is 2.62. The average molecular weight is 220 g/mol. The quantitative estimate of drug-likeness (QED) is 0.655. The molecule has 0 aromatic carbocycles. The molecule has 2 aliphatic heterocycles. The Bertz CT molecular complexity index is 260. The summed E-state index contributed by atoms with van der Waals surface area (Å²) in [4.78, 5) is 0. The SMILES string of the molecule is COCCOC1C=NN2CC(F)(F)CC12. The van der Waals surface area contributed by atoms with E-state index < -0.39 is 5.92 Å². The number of rotatable bonds is 4. The van der Waals surface area contributed by atoms with Crippen LogP contribution in [-0.4, -0.2) is 56.2 Å². The van der Waals surface area contributed by atoms with E-state index in [4.69, 9.17) is 9.47 Å². The molecular formula is C9H14F2N2O2. The Morgan fingerprint density at radius 1 is 1.53 bits per heavy atom. The minimum Gasteiger partial charge on any atom is -0.382 e. The normalized spacial score (nSPS) is 32.3. The van der Waals surface area contributed by atoms with Gasteiger partial charge in [0.15, 0.2) is 0 Å². The fourth-order valence-corrected chi connectivity index (χ4v) is 1.91. The molecule has 15 heavy (non-hydrogen) atoms. The van der Waals surface area contributed by atoms with Crippen LogP contribution in [0.15, 0.2) is 5.10 Å². The van der Waals surface area contributed by atoms with Gasteiger partial charge in [0.2, 0.25) is 0 Å². The fraction of sp³-hybridized carbons (Fsp3) is 0.889. The van der Waals surface area contributed by atoms with E-state index in [1.165, 1.54) is 5.01 Å². The van der Waals surface area contributed by atoms with Gasteiger partial charge in [-0.1, -0.05) is 0 Å². The van der Waals surface area contributed by atoms with Crippen molar-refractivity contribution in [2.45, 2.75) is 24.5 Å². The lowest BCUT2D eigenvalue weighted by molar-refractivity contribution is 0.00573. The van der Waals surface area contributed by atoms with Gasteiger partial charge in [-0.05, 0) is 0 Å². The first-order valence-electron chi connectivity index (χ1n) is 4.91. The Morgan fingerprint density at radius 3 is 3.07 bits per heavy atom. The lowest BCUT2D eigenvalue weighted by Gasteiger charge is -2.18. The minimum atomic E-state index is -2.63. The molecular weight excluding hydrogens is 206 g/mol. The predicted octanol–water partition coefficient (Wildman–Crippen LogP) is 0.727. The maximum atomic E-state index is 13.0. The standard InChI is InChI=1S/C9H14F2N2O2/c1-14-2-3-15-8-5-12-13-6-9(10,11)4-7(8)13/h5,7-8H,2-4,6H2,1H3. The second kappa shape index (κ2) is 4.02. The lowest BCUT2D eigenvalue weighted by atomic mass is 10.1. The maximum Gasteiger partial charge on any atom is 0.269 e. The van der Waals surface area contributed by atoms with Crippen molar-refractivity contribution in [2.75, 3.05) is 26.9 Å². The van der Waals surface area contributed by atoms with Gasteiger partial charge in [0.25, 0.3) is 5.92 Å². The van der Waals surface area contributed by atoms with Crippen molar-refractivity contribution in [3.8, 4) is 0 Å². The highest BCUT2D eigenvalue weighted by Gasteiger charge is 2.50. The van der Waals surface area contributed by atoms with Crippen LogP contribution >= 0.6 is 0 Å². The largest absolute Gasteiger partial charge is 0.382 e. The smallest absolute Gasteiger partial charge is 0.269 e. The van der Waals surface area contributed by atoms with Gasteiger partial charge in [-0.3, -0.25) is 5.01 Å². The first kappa shape index (κ1) is 10.8. The summed E-state index contributed by atoms with van der Waals surface area (Å²) in [6.45, 7) is 0.578. The average Bonchev–Trinajstić information content (AvgIpc) is 2.63. The van der Waals surface area contributed by atoms with E-state index in [1.807, 2.05) is 0 Å². The first-order valence-corrected chi connectivity index (χ1v) is 4.91. The number of hydrogen-bond donors (Lipinski definition) is 0. The third kappa shape index (κ3) is 2.26. The van der Waals surface area contributed by atoms with Gasteiger partial charge in [-0.2, -0.15) is 5.10 Å². The minimum absolute atomic E-state index is 0.176.